The van der Waals surface area contributed by atoms with Gasteiger partial charge in [-0.2, -0.15) is 0 Å². The summed E-state index contributed by atoms with van der Waals surface area (Å²) in [5.41, 5.74) is 6.50. The van der Waals surface area contributed by atoms with Crippen molar-refractivity contribution in [2.75, 3.05) is 0 Å². The van der Waals surface area contributed by atoms with Gasteiger partial charge >= 0.3 is 5.97 Å². The number of ether oxygens (including phenoxy) is 2. The van der Waals surface area contributed by atoms with Crippen molar-refractivity contribution in [3.05, 3.63) is 113 Å². The minimum atomic E-state index is -1.09. The number of rotatable bonds is 10. The van der Waals surface area contributed by atoms with Crippen LogP contribution in [0.4, 0.5) is 0 Å². The van der Waals surface area contributed by atoms with E-state index in [4.69, 9.17) is 9.47 Å². The van der Waals surface area contributed by atoms with Crippen LogP contribution in [0.1, 0.15) is 102 Å². The van der Waals surface area contributed by atoms with Crippen LogP contribution in [0.5, 0.6) is 0 Å². The molecule has 5 nitrogen and oxygen atoms in total. The molecule has 3 rings (SSSR count). The fraction of sp³-hybridized carbons (Fsp3) is 0.524. The van der Waals surface area contributed by atoms with Crippen molar-refractivity contribution in [1.29, 1.82) is 0 Å². The summed E-state index contributed by atoms with van der Waals surface area (Å²) < 4.78 is 11.7. The molecule has 2 N–H and O–H groups in total. The van der Waals surface area contributed by atoms with Gasteiger partial charge in [-0.05, 0) is 77.5 Å². The van der Waals surface area contributed by atoms with Crippen molar-refractivity contribution in [2.24, 2.45) is 10.8 Å². The Balaban J connectivity index is 1.54. The first-order valence-electron chi connectivity index (χ1n) is 16.9. The normalized spacial score (nSPS) is 33.1. The summed E-state index contributed by atoms with van der Waals surface area (Å²) in [6, 6.07) is 0. The van der Waals surface area contributed by atoms with Gasteiger partial charge in [0.2, 0.25) is 0 Å². The van der Waals surface area contributed by atoms with Crippen LogP contribution in [0.2, 0.25) is 0 Å². The topological polar surface area (TPSA) is 79.3 Å². The molecule has 2 aliphatic carbocycles. The van der Waals surface area contributed by atoms with Gasteiger partial charge in [0, 0.05) is 30.8 Å². The van der Waals surface area contributed by atoms with E-state index in [1.165, 1.54) is 6.92 Å². The lowest BCUT2D eigenvalue weighted by molar-refractivity contribution is -0.152. The molecule has 0 radical (unpaired) electrons. The first-order valence-corrected chi connectivity index (χ1v) is 16.9. The fourth-order valence-electron chi connectivity index (χ4n) is 7.53. The maximum absolute atomic E-state index is 11.4. The predicted octanol–water partition coefficient (Wildman–Crippen LogP) is 9.29. The smallest absolute Gasteiger partial charge is 0.302 e. The Bertz CT molecular complexity index is 1470. The minimum absolute atomic E-state index is 0.109. The van der Waals surface area contributed by atoms with Crippen molar-refractivity contribution in [3.63, 3.8) is 0 Å². The third-order valence-corrected chi connectivity index (χ3v) is 9.71. The van der Waals surface area contributed by atoms with Crippen LogP contribution < -0.4 is 0 Å². The van der Waals surface area contributed by atoms with Gasteiger partial charge in [0.05, 0.1) is 11.7 Å². The number of hydrogen-bond acceptors (Lipinski definition) is 5. The summed E-state index contributed by atoms with van der Waals surface area (Å²) in [6.07, 6.45) is 28.7. The molecule has 3 aliphatic rings. The zero-order valence-corrected chi connectivity index (χ0v) is 30.6. The number of aliphatic hydroxyl groups is 2. The lowest BCUT2D eigenvalue weighted by atomic mass is 9.63. The Hall–Kier alpha value is -3.21. The molecule has 5 heteroatoms. The molecule has 0 aromatic heterocycles. The Labute approximate surface area is 284 Å². The summed E-state index contributed by atoms with van der Waals surface area (Å²) >= 11 is 0. The molecular formula is C42H58O5. The van der Waals surface area contributed by atoms with E-state index in [0.717, 1.165) is 34.3 Å². The largest absolute Gasteiger partial charge is 0.462 e. The van der Waals surface area contributed by atoms with Crippen molar-refractivity contribution < 1.29 is 24.5 Å². The molecule has 256 valence electrons. The highest BCUT2D eigenvalue weighted by atomic mass is 16.6. The second kappa shape index (κ2) is 14.9. The van der Waals surface area contributed by atoms with E-state index < -0.39 is 5.60 Å². The van der Waals surface area contributed by atoms with Crippen molar-refractivity contribution in [3.8, 4) is 0 Å². The number of carbonyl (C=O) groups excluding carboxylic acids is 1. The summed E-state index contributed by atoms with van der Waals surface area (Å²) in [6.45, 7) is 22.0. The number of allylic oxidation sites excluding steroid dienone is 15. The van der Waals surface area contributed by atoms with Crippen LogP contribution in [-0.4, -0.2) is 45.2 Å². The molecule has 1 saturated heterocycles. The summed E-state index contributed by atoms with van der Waals surface area (Å²) in [5, 5.41) is 21.4. The number of fused-ring (bicyclic) bond motifs is 1. The Kier molecular flexibility index (Phi) is 12.1. The van der Waals surface area contributed by atoms with Crippen molar-refractivity contribution >= 4 is 5.97 Å². The molecule has 5 atom stereocenters. The lowest BCUT2D eigenvalue weighted by Gasteiger charge is -2.44. The summed E-state index contributed by atoms with van der Waals surface area (Å²) in [4.78, 5) is 11.4. The van der Waals surface area contributed by atoms with Gasteiger partial charge in [-0.3, -0.25) is 4.79 Å². The second-order valence-electron chi connectivity index (χ2n) is 15.6. The SMILES string of the molecule is CC(=O)OC1CC(C)(C)C(=C=CC(C)=CC=CC(C)=CC=CC=C(C)C=CC=C(C)C=CC23OC2(C)CC(O)CC3(C)C)C(C)(O)C1. The number of epoxide rings is 1. The Morgan fingerprint density at radius 3 is 1.83 bits per heavy atom. The monoisotopic (exact) mass is 642 g/mol. The van der Waals surface area contributed by atoms with Gasteiger partial charge in [-0.25, -0.2) is 0 Å². The Morgan fingerprint density at radius 2 is 1.30 bits per heavy atom. The molecule has 0 aromatic rings. The summed E-state index contributed by atoms with van der Waals surface area (Å²) in [7, 11) is 0. The highest BCUT2D eigenvalue weighted by Crippen LogP contribution is 2.66. The lowest BCUT2D eigenvalue weighted by Crippen LogP contribution is -2.46. The van der Waals surface area contributed by atoms with Crippen LogP contribution >= 0.6 is 0 Å². The third-order valence-electron chi connectivity index (χ3n) is 9.71. The Morgan fingerprint density at radius 1 is 0.766 bits per heavy atom. The second-order valence-corrected chi connectivity index (χ2v) is 15.6. The average molecular weight is 643 g/mol. The molecule has 47 heavy (non-hydrogen) atoms. The molecule has 1 heterocycles. The molecule has 0 bridgehead atoms. The quantitative estimate of drug-likeness (QED) is 0.107. The van der Waals surface area contributed by atoms with Crippen LogP contribution in [0.3, 0.4) is 0 Å². The molecule has 3 fully saturated rings. The van der Waals surface area contributed by atoms with Crippen LogP contribution in [0.15, 0.2) is 113 Å². The fourth-order valence-corrected chi connectivity index (χ4v) is 7.53. The molecule has 1 aliphatic heterocycles. The van der Waals surface area contributed by atoms with E-state index in [1.807, 2.05) is 37.3 Å². The molecule has 2 saturated carbocycles. The average Bonchev–Trinajstić information content (AvgIpc) is 3.53. The van der Waals surface area contributed by atoms with E-state index in [1.54, 1.807) is 6.92 Å². The zero-order chi connectivity index (χ0) is 35.3. The highest BCUT2D eigenvalue weighted by Gasteiger charge is 2.74. The number of aliphatic hydroxyl groups excluding tert-OH is 1. The van der Waals surface area contributed by atoms with Crippen LogP contribution in [0.25, 0.3) is 0 Å². The zero-order valence-electron chi connectivity index (χ0n) is 30.6. The first-order chi connectivity index (χ1) is 21.7. The molecular weight excluding hydrogens is 584 g/mol. The summed E-state index contributed by atoms with van der Waals surface area (Å²) in [5.74, 6) is -0.318. The maximum atomic E-state index is 11.4. The number of esters is 1. The van der Waals surface area contributed by atoms with Gasteiger partial charge in [0.15, 0.2) is 0 Å². The van der Waals surface area contributed by atoms with E-state index in [2.05, 4.69) is 110 Å². The molecule has 5 unspecified atom stereocenters. The van der Waals surface area contributed by atoms with Gasteiger partial charge in [-0.15, -0.1) is 5.73 Å². The molecule has 0 aromatic carbocycles. The molecule has 0 amide bonds. The van der Waals surface area contributed by atoms with Gasteiger partial charge in [0.1, 0.15) is 17.3 Å². The van der Waals surface area contributed by atoms with Gasteiger partial charge in [-0.1, -0.05) is 111 Å². The standard InChI is InChI=1S/C42H58O5/c1-30(18-14-20-32(3)22-23-37-38(6,7)28-36(46-34(5)43)29-40(37,10)45)16-12-13-17-31(2)19-15-21-33(4)24-25-42-39(8,9)26-35(44)27-41(42,11)47-42/h12-22,24-25,35-36,44-45H,26-29H2,1-11H3. The van der Waals surface area contributed by atoms with Gasteiger partial charge in [0.25, 0.3) is 0 Å². The predicted molar refractivity (Wildman–Crippen MR) is 194 cm³/mol. The van der Waals surface area contributed by atoms with E-state index in [-0.39, 0.29) is 40.2 Å². The van der Waals surface area contributed by atoms with E-state index >= 15 is 0 Å². The van der Waals surface area contributed by atoms with Crippen molar-refractivity contribution in [1.82, 2.24) is 0 Å². The third kappa shape index (κ3) is 9.90. The number of carbonyl (C=O) groups is 1. The maximum Gasteiger partial charge on any atom is 0.302 e. The van der Waals surface area contributed by atoms with Gasteiger partial charge < -0.3 is 19.7 Å². The van der Waals surface area contributed by atoms with Crippen molar-refractivity contribution in [2.45, 2.75) is 131 Å². The van der Waals surface area contributed by atoms with E-state index in [0.29, 0.717) is 19.3 Å². The molecule has 0 spiro atoms. The minimum Gasteiger partial charge on any atom is -0.462 e. The number of hydrogen-bond donors (Lipinski definition) is 2. The van der Waals surface area contributed by atoms with Crippen LogP contribution in [0, 0.1) is 10.8 Å². The van der Waals surface area contributed by atoms with Crippen LogP contribution in [-0.2, 0) is 14.3 Å². The first kappa shape index (κ1) is 38.2. The highest BCUT2D eigenvalue weighted by molar-refractivity contribution is 5.66. The van der Waals surface area contributed by atoms with E-state index in [9.17, 15) is 15.0 Å².